The van der Waals surface area contributed by atoms with Crippen LogP contribution in [0.2, 0.25) is 5.02 Å². The number of hydrogen-bond acceptors (Lipinski definition) is 3. The van der Waals surface area contributed by atoms with Gasteiger partial charge >= 0.3 is 6.61 Å². The van der Waals surface area contributed by atoms with Crippen LogP contribution in [0.15, 0.2) is 42.5 Å². The van der Waals surface area contributed by atoms with Gasteiger partial charge in [-0.2, -0.15) is 8.78 Å². The van der Waals surface area contributed by atoms with Crippen LogP contribution in [0.4, 0.5) is 8.78 Å². The van der Waals surface area contributed by atoms with E-state index in [1.165, 1.54) is 13.2 Å². The Labute approximate surface area is 162 Å². The number of rotatable bonds is 10. The first-order valence-corrected chi connectivity index (χ1v) is 8.98. The topological polar surface area (TPSA) is 47.6 Å². The summed E-state index contributed by atoms with van der Waals surface area (Å²) in [5.74, 6) is 0.186. The lowest BCUT2D eigenvalue weighted by molar-refractivity contribution is -0.121. The first kappa shape index (κ1) is 21.0. The highest BCUT2D eigenvalue weighted by Gasteiger charge is 2.11. The smallest absolute Gasteiger partial charge is 0.387 e. The Balaban J connectivity index is 1.73. The molecule has 0 radical (unpaired) electrons. The van der Waals surface area contributed by atoms with Gasteiger partial charge in [0, 0.05) is 18.0 Å². The number of nitrogens with one attached hydrogen (secondary N) is 1. The van der Waals surface area contributed by atoms with E-state index in [1.807, 2.05) is 24.3 Å². The van der Waals surface area contributed by atoms with Gasteiger partial charge in [0.2, 0.25) is 5.91 Å². The molecule has 27 heavy (non-hydrogen) atoms. The second-order valence-electron chi connectivity index (χ2n) is 5.94. The van der Waals surface area contributed by atoms with Gasteiger partial charge in [-0.15, -0.1) is 0 Å². The third-order valence-corrected chi connectivity index (χ3v) is 4.21. The second-order valence-corrected chi connectivity index (χ2v) is 6.38. The summed E-state index contributed by atoms with van der Waals surface area (Å²) < 4.78 is 34.3. The number of benzene rings is 2. The highest BCUT2D eigenvalue weighted by molar-refractivity contribution is 6.30. The maximum Gasteiger partial charge on any atom is 0.387 e. The molecule has 0 fully saturated rings. The second kappa shape index (κ2) is 10.7. The Bertz CT molecular complexity index is 739. The van der Waals surface area contributed by atoms with Crippen molar-refractivity contribution < 1.29 is 23.0 Å². The minimum absolute atomic E-state index is 0.0145. The predicted molar refractivity (Wildman–Crippen MR) is 101 cm³/mol. The van der Waals surface area contributed by atoms with Gasteiger partial charge in [0.25, 0.3) is 0 Å². The van der Waals surface area contributed by atoms with Crippen molar-refractivity contribution in [1.82, 2.24) is 5.32 Å². The number of amides is 1. The number of ether oxygens (including phenoxy) is 2. The molecular formula is C20H22ClF2NO3. The molecule has 0 bridgehead atoms. The van der Waals surface area contributed by atoms with E-state index in [2.05, 4.69) is 10.1 Å². The van der Waals surface area contributed by atoms with Crippen LogP contribution >= 0.6 is 11.6 Å². The van der Waals surface area contributed by atoms with Gasteiger partial charge in [0.05, 0.1) is 7.11 Å². The van der Waals surface area contributed by atoms with Gasteiger partial charge in [-0.05, 0) is 54.7 Å². The molecule has 0 saturated heterocycles. The molecule has 2 rings (SSSR count). The van der Waals surface area contributed by atoms with Crippen molar-refractivity contribution in [2.75, 3.05) is 13.7 Å². The van der Waals surface area contributed by atoms with Crippen LogP contribution in [0.3, 0.4) is 0 Å². The van der Waals surface area contributed by atoms with Crippen molar-refractivity contribution in [2.24, 2.45) is 0 Å². The van der Waals surface area contributed by atoms with Gasteiger partial charge in [-0.3, -0.25) is 4.79 Å². The predicted octanol–water partition coefficient (Wildman–Crippen LogP) is 4.63. The summed E-state index contributed by atoms with van der Waals surface area (Å²) in [5, 5.41) is 3.53. The van der Waals surface area contributed by atoms with Crippen LogP contribution in [0.25, 0.3) is 0 Å². The molecular weight excluding hydrogens is 376 g/mol. The van der Waals surface area contributed by atoms with E-state index >= 15 is 0 Å². The molecule has 0 heterocycles. The van der Waals surface area contributed by atoms with E-state index < -0.39 is 6.61 Å². The largest absolute Gasteiger partial charge is 0.493 e. The summed E-state index contributed by atoms with van der Waals surface area (Å²) in [6.07, 6.45) is 2.47. The molecule has 0 aliphatic rings. The molecule has 0 aliphatic heterocycles. The van der Waals surface area contributed by atoms with Crippen LogP contribution in [0.5, 0.6) is 11.5 Å². The molecule has 4 nitrogen and oxygen atoms in total. The number of hydrogen-bond donors (Lipinski definition) is 1. The van der Waals surface area contributed by atoms with Crippen molar-refractivity contribution in [1.29, 1.82) is 0 Å². The standard InChI is InChI=1S/C20H22ClF2NO3/c1-26-17-10-7-15(13-18(17)27-20(22)23)11-12-24-19(25)4-2-3-14-5-8-16(21)9-6-14/h5-10,13,20H,2-4,11-12H2,1H3,(H,24,25). The molecule has 0 saturated carbocycles. The molecule has 0 unspecified atom stereocenters. The Kier molecular flexibility index (Phi) is 8.33. The SMILES string of the molecule is COc1ccc(CCNC(=O)CCCc2ccc(Cl)cc2)cc1OC(F)F. The molecule has 0 aliphatic carbocycles. The number of alkyl halides is 2. The minimum atomic E-state index is -2.92. The van der Waals surface area contributed by atoms with E-state index in [0.717, 1.165) is 24.0 Å². The zero-order valence-corrected chi connectivity index (χ0v) is 15.8. The number of halogens is 3. The van der Waals surface area contributed by atoms with Crippen LogP contribution in [-0.4, -0.2) is 26.2 Å². The van der Waals surface area contributed by atoms with Crippen LogP contribution < -0.4 is 14.8 Å². The first-order chi connectivity index (χ1) is 13.0. The average molecular weight is 398 g/mol. The Morgan fingerprint density at radius 3 is 2.44 bits per heavy atom. The van der Waals surface area contributed by atoms with E-state index in [4.69, 9.17) is 16.3 Å². The fourth-order valence-electron chi connectivity index (χ4n) is 2.60. The van der Waals surface area contributed by atoms with Crippen molar-refractivity contribution in [2.45, 2.75) is 32.3 Å². The zero-order chi connectivity index (χ0) is 19.6. The summed E-state index contributed by atoms with van der Waals surface area (Å²) in [4.78, 5) is 11.9. The third kappa shape index (κ3) is 7.43. The summed E-state index contributed by atoms with van der Waals surface area (Å²) in [5.41, 5.74) is 1.91. The van der Waals surface area contributed by atoms with E-state index in [0.29, 0.717) is 24.4 Å². The molecule has 1 amide bonds. The van der Waals surface area contributed by atoms with Crippen LogP contribution in [0, 0.1) is 0 Å². The molecule has 0 spiro atoms. The van der Waals surface area contributed by atoms with Crippen molar-refractivity contribution >= 4 is 17.5 Å². The highest BCUT2D eigenvalue weighted by Crippen LogP contribution is 2.29. The Morgan fingerprint density at radius 1 is 1.07 bits per heavy atom. The van der Waals surface area contributed by atoms with Crippen molar-refractivity contribution in [3.8, 4) is 11.5 Å². The molecule has 2 aromatic carbocycles. The number of carbonyl (C=O) groups excluding carboxylic acids is 1. The molecule has 1 N–H and O–H groups in total. The normalized spacial score (nSPS) is 10.7. The highest BCUT2D eigenvalue weighted by atomic mass is 35.5. The first-order valence-electron chi connectivity index (χ1n) is 8.61. The fraction of sp³-hybridized carbons (Fsp3) is 0.350. The minimum Gasteiger partial charge on any atom is -0.493 e. The maximum absolute atomic E-state index is 12.4. The number of aryl methyl sites for hydroxylation is 1. The molecule has 2 aromatic rings. The Morgan fingerprint density at radius 2 is 1.78 bits per heavy atom. The maximum atomic E-state index is 12.4. The molecule has 7 heteroatoms. The van der Waals surface area contributed by atoms with Gasteiger partial charge in [0.1, 0.15) is 0 Å². The molecule has 0 aromatic heterocycles. The van der Waals surface area contributed by atoms with Crippen molar-refractivity contribution in [3.63, 3.8) is 0 Å². The summed E-state index contributed by atoms with van der Waals surface area (Å²) in [6.45, 7) is -2.50. The molecule has 146 valence electrons. The van der Waals surface area contributed by atoms with Crippen LogP contribution in [0.1, 0.15) is 24.0 Å². The van der Waals surface area contributed by atoms with Gasteiger partial charge in [-0.1, -0.05) is 29.8 Å². The van der Waals surface area contributed by atoms with Crippen molar-refractivity contribution in [3.05, 3.63) is 58.6 Å². The van der Waals surface area contributed by atoms with Gasteiger partial charge in [-0.25, -0.2) is 0 Å². The summed E-state index contributed by atoms with van der Waals surface area (Å²) in [7, 11) is 1.39. The van der Waals surface area contributed by atoms with Gasteiger partial charge in [0.15, 0.2) is 11.5 Å². The van der Waals surface area contributed by atoms with Gasteiger partial charge < -0.3 is 14.8 Å². The lowest BCUT2D eigenvalue weighted by Crippen LogP contribution is -2.25. The summed E-state index contributed by atoms with van der Waals surface area (Å²) in [6, 6.07) is 12.4. The lowest BCUT2D eigenvalue weighted by Gasteiger charge is -2.12. The fourth-order valence-corrected chi connectivity index (χ4v) is 2.73. The Hall–Kier alpha value is -2.34. The van der Waals surface area contributed by atoms with Crippen LogP contribution in [-0.2, 0) is 17.6 Å². The van der Waals surface area contributed by atoms with E-state index in [9.17, 15) is 13.6 Å². The quantitative estimate of drug-likeness (QED) is 0.635. The van der Waals surface area contributed by atoms with E-state index in [-0.39, 0.29) is 17.4 Å². The monoisotopic (exact) mass is 397 g/mol. The number of methoxy groups -OCH3 is 1. The number of carbonyl (C=O) groups is 1. The summed E-state index contributed by atoms with van der Waals surface area (Å²) >= 11 is 5.84. The zero-order valence-electron chi connectivity index (χ0n) is 15.0. The average Bonchev–Trinajstić information content (AvgIpc) is 2.63. The third-order valence-electron chi connectivity index (χ3n) is 3.96. The molecule has 0 atom stereocenters. The van der Waals surface area contributed by atoms with E-state index in [1.54, 1.807) is 12.1 Å². The lowest BCUT2D eigenvalue weighted by atomic mass is 10.1.